The second kappa shape index (κ2) is 5.57. The van der Waals surface area contributed by atoms with E-state index in [1.807, 2.05) is 42.5 Å². The molecule has 0 bridgehead atoms. The molecule has 0 aliphatic carbocycles. The van der Waals surface area contributed by atoms with Gasteiger partial charge in [0.25, 0.3) is 5.91 Å². The fourth-order valence-corrected chi connectivity index (χ4v) is 3.36. The van der Waals surface area contributed by atoms with Crippen molar-refractivity contribution in [2.75, 3.05) is 5.32 Å². The predicted molar refractivity (Wildman–Crippen MR) is 91.6 cm³/mol. The van der Waals surface area contributed by atoms with E-state index in [9.17, 15) is 4.79 Å². The number of anilines is 1. The predicted octanol–water partition coefficient (Wildman–Crippen LogP) is 3.93. The minimum Gasteiger partial charge on any atom is -0.320 e. The Balaban J connectivity index is 1.74. The van der Waals surface area contributed by atoms with Crippen molar-refractivity contribution in [3.05, 3.63) is 59.1 Å². The van der Waals surface area contributed by atoms with E-state index in [0.29, 0.717) is 20.9 Å². The second-order valence-corrected chi connectivity index (χ2v) is 6.19. The fourth-order valence-electron chi connectivity index (χ4n) is 2.31. The number of nitrogens with one attached hydrogen (secondary N) is 1. The van der Waals surface area contributed by atoms with Crippen LogP contribution in [0.1, 0.15) is 5.56 Å². The summed E-state index contributed by atoms with van der Waals surface area (Å²) in [6.45, 7) is 0. The number of nitrogens with zero attached hydrogens (tertiary/aromatic N) is 3. The molecule has 0 saturated heterocycles. The standard InChI is InChI=1S/C16H9ClN4OS/c17-11-7-3-1-5-9(11)15-20-21-16(23-15)19-13-10-6-2-4-8-12(10)18-14(13)22/h1-8H,(H,18,19,21,22). The van der Waals surface area contributed by atoms with Crippen LogP contribution in [0.3, 0.4) is 0 Å². The van der Waals surface area contributed by atoms with Crippen LogP contribution in [0.4, 0.5) is 10.8 Å². The number of hydrogen-bond donors (Lipinski definition) is 1. The maximum atomic E-state index is 12.1. The molecule has 1 aromatic heterocycles. The van der Waals surface area contributed by atoms with Crippen LogP contribution >= 0.6 is 22.9 Å². The molecule has 5 nitrogen and oxygen atoms in total. The highest BCUT2D eigenvalue weighted by Crippen LogP contribution is 2.33. The van der Waals surface area contributed by atoms with E-state index < -0.39 is 0 Å². The zero-order chi connectivity index (χ0) is 15.8. The average molecular weight is 341 g/mol. The van der Waals surface area contributed by atoms with Crippen molar-refractivity contribution in [2.45, 2.75) is 0 Å². The van der Waals surface area contributed by atoms with Crippen LogP contribution in [0.2, 0.25) is 5.02 Å². The lowest BCUT2D eigenvalue weighted by atomic mass is 10.1. The molecule has 1 aliphatic heterocycles. The Bertz CT molecular complexity index is 951. The van der Waals surface area contributed by atoms with Crippen molar-refractivity contribution in [3.8, 4) is 10.6 Å². The number of hydrogen-bond acceptors (Lipinski definition) is 5. The molecule has 112 valence electrons. The van der Waals surface area contributed by atoms with Gasteiger partial charge in [-0.1, -0.05) is 59.3 Å². The van der Waals surface area contributed by atoms with Gasteiger partial charge in [0.2, 0.25) is 5.13 Å². The molecule has 0 fully saturated rings. The van der Waals surface area contributed by atoms with Crippen LogP contribution < -0.4 is 5.32 Å². The van der Waals surface area contributed by atoms with Gasteiger partial charge in [-0.15, -0.1) is 10.2 Å². The Morgan fingerprint density at radius 2 is 1.74 bits per heavy atom. The number of rotatable bonds is 2. The molecule has 3 aromatic rings. The maximum Gasteiger partial charge on any atom is 0.275 e. The first-order valence-corrected chi connectivity index (χ1v) is 7.99. The number of benzene rings is 2. The molecule has 0 unspecified atom stereocenters. The van der Waals surface area contributed by atoms with Crippen LogP contribution in [-0.2, 0) is 4.79 Å². The van der Waals surface area contributed by atoms with Gasteiger partial charge in [-0.25, -0.2) is 4.99 Å². The summed E-state index contributed by atoms with van der Waals surface area (Å²) in [6, 6.07) is 14.8. The summed E-state index contributed by atoms with van der Waals surface area (Å²) in [7, 11) is 0. The topological polar surface area (TPSA) is 67.2 Å². The minimum atomic E-state index is -0.235. The highest BCUT2D eigenvalue weighted by molar-refractivity contribution is 7.18. The van der Waals surface area contributed by atoms with Gasteiger partial charge in [0, 0.05) is 11.1 Å². The molecule has 2 aromatic carbocycles. The Kier molecular flexibility index (Phi) is 3.40. The molecule has 2 heterocycles. The number of para-hydroxylation sites is 1. The maximum absolute atomic E-state index is 12.1. The van der Waals surface area contributed by atoms with Crippen LogP contribution in [-0.4, -0.2) is 21.8 Å². The highest BCUT2D eigenvalue weighted by atomic mass is 35.5. The van der Waals surface area contributed by atoms with Crippen molar-refractivity contribution < 1.29 is 4.79 Å². The van der Waals surface area contributed by atoms with Crippen molar-refractivity contribution in [1.82, 2.24) is 10.2 Å². The Morgan fingerprint density at radius 3 is 2.57 bits per heavy atom. The summed E-state index contributed by atoms with van der Waals surface area (Å²) < 4.78 is 0. The molecule has 1 amide bonds. The van der Waals surface area contributed by atoms with Crippen molar-refractivity contribution in [2.24, 2.45) is 4.99 Å². The number of carbonyl (C=O) groups excluding carboxylic acids is 1. The second-order valence-electron chi connectivity index (χ2n) is 4.83. The van der Waals surface area contributed by atoms with E-state index in [1.54, 1.807) is 6.07 Å². The van der Waals surface area contributed by atoms with E-state index in [1.165, 1.54) is 11.3 Å². The molecular formula is C16H9ClN4OS. The summed E-state index contributed by atoms with van der Waals surface area (Å²) in [5.41, 5.74) is 2.68. The Labute approximate surface area is 140 Å². The van der Waals surface area contributed by atoms with Gasteiger partial charge < -0.3 is 5.32 Å². The lowest BCUT2D eigenvalue weighted by Crippen LogP contribution is -2.13. The third-order valence-corrected chi connectivity index (χ3v) is 4.55. The molecule has 23 heavy (non-hydrogen) atoms. The SMILES string of the molecule is O=C1Nc2ccccc2C1=Nc1nnc(-c2ccccc2Cl)s1. The van der Waals surface area contributed by atoms with Gasteiger partial charge in [-0.3, -0.25) is 4.79 Å². The summed E-state index contributed by atoms with van der Waals surface area (Å²) in [6.07, 6.45) is 0. The van der Waals surface area contributed by atoms with E-state index in [4.69, 9.17) is 11.6 Å². The summed E-state index contributed by atoms with van der Waals surface area (Å²) >= 11 is 7.46. The van der Waals surface area contributed by atoms with Crippen molar-refractivity contribution in [3.63, 3.8) is 0 Å². The third kappa shape index (κ3) is 2.52. The summed E-state index contributed by atoms with van der Waals surface area (Å²) in [5, 5.41) is 12.6. The molecule has 0 radical (unpaired) electrons. The van der Waals surface area contributed by atoms with E-state index in [0.717, 1.165) is 16.8 Å². The first-order chi connectivity index (χ1) is 11.2. The van der Waals surface area contributed by atoms with Crippen LogP contribution in [0.15, 0.2) is 53.5 Å². The number of aromatic nitrogens is 2. The summed E-state index contributed by atoms with van der Waals surface area (Å²) in [4.78, 5) is 16.4. The van der Waals surface area contributed by atoms with Crippen LogP contribution in [0, 0.1) is 0 Å². The van der Waals surface area contributed by atoms with E-state index >= 15 is 0 Å². The molecule has 4 rings (SSSR count). The van der Waals surface area contributed by atoms with Gasteiger partial charge >= 0.3 is 0 Å². The lowest BCUT2D eigenvalue weighted by Gasteiger charge is -1.96. The first kappa shape index (κ1) is 14.0. The minimum absolute atomic E-state index is 0.235. The molecule has 0 atom stereocenters. The lowest BCUT2D eigenvalue weighted by molar-refractivity contribution is -0.110. The van der Waals surface area contributed by atoms with Gasteiger partial charge in [0.1, 0.15) is 5.71 Å². The van der Waals surface area contributed by atoms with Gasteiger partial charge in [-0.2, -0.15) is 0 Å². The van der Waals surface area contributed by atoms with Gasteiger partial charge in [0.05, 0.1) is 10.7 Å². The molecule has 0 spiro atoms. The zero-order valence-corrected chi connectivity index (χ0v) is 13.2. The van der Waals surface area contributed by atoms with Crippen LogP contribution in [0.25, 0.3) is 10.6 Å². The van der Waals surface area contributed by atoms with Gasteiger partial charge in [-0.05, 0) is 12.1 Å². The molecule has 7 heteroatoms. The number of halogens is 1. The highest BCUT2D eigenvalue weighted by Gasteiger charge is 2.26. The molecular weight excluding hydrogens is 332 g/mol. The number of carbonyl (C=O) groups is 1. The van der Waals surface area contributed by atoms with E-state index in [-0.39, 0.29) is 5.91 Å². The quantitative estimate of drug-likeness (QED) is 0.768. The Hall–Kier alpha value is -2.57. The number of fused-ring (bicyclic) bond motifs is 1. The summed E-state index contributed by atoms with van der Waals surface area (Å²) in [5.74, 6) is -0.235. The zero-order valence-electron chi connectivity index (χ0n) is 11.7. The molecule has 1 N–H and O–H groups in total. The van der Waals surface area contributed by atoms with Crippen molar-refractivity contribution in [1.29, 1.82) is 0 Å². The van der Waals surface area contributed by atoms with Crippen molar-refractivity contribution >= 4 is 45.4 Å². The number of amides is 1. The Morgan fingerprint density at radius 1 is 1.00 bits per heavy atom. The first-order valence-electron chi connectivity index (χ1n) is 6.80. The van der Waals surface area contributed by atoms with Gasteiger partial charge in [0.15, 0.2) is 5.01 Å². The fraction of sp³-hybridized carbons (Fsp3) is 0. The largest absolute Gasteiger partial charge is 0.320 e. The normalized spacial score (nSPS) is 14.8. The monoisotopic (exact) mass is 340 g/mol. The third-order valence-electron chi connectivity index (χ3n) is 3.37. The average Bonchev–Trinajstić information content (AvgIpc) is 3.14. The smallest absolute Gasteiger partial charge is 0.275 e. The molecule has 1 aliphatic rings. The van der Waals surface area contributed by atoms with E-state index in [2.05, 4.69) is 20.5 Å². The number of aliphatic imine (C=N–C) groups is 1. The van der Waals surface area contributed by atoms with Crippen LogP contribution in [0.5, 0.6) is 0 Å². The molecule has 0 saturated carbocycles.